The van der Waals surface area contributed by atoms with Gasteiger partial charge in [-0.15, -0.1) is 0 Å². The van der Waals surface area contributed by atoms with E-state index in [0.29, 0.717) is 0 Å². The number of benzene rings is 5. The van der Waals surface area contributed by atoms with Crippen LogP contribution in [0.2, 0.25) is 0 Å². The van der Waals surface area contributed by atoms with Gasteiger partial charge in [0.05, 0.1) is 0 Å². The molecule has 0 spiro atoms. The summed E-state index contributed by atoms with van der Waals surface area (Å²) in [6, 6.07) is 37.1. The van der Waals surface area contributed by atoms with Crippen LogP contribution >= 0.6 is 30.5 Å². The van der Waals surface area contributed by atoms with Crippen molar-refractivity contribution in [3.63, 3.8) is 0 Å². The third-order valence-corrected chi connectivity index (χ3v) is 15.1. The second kappa shape index (κ2) is 12.5. The third kappa shape index (κ3) is 5.26. The number of halogens is 5. The van der Waals surface area contributed by atoms with Gasteiger partial charge in [0.25, 0.3) is 0 Å². The van der Waals surface area contributed by atoms with E-state index >= 15 is 8.78 Å². The molecule has 7 heteroatoms. The quantitative estimate of drug-likeness (QED) is 0.194. The first-order valence-electron chi connectivity index (χ1n) is 13.6. The standard InChI is InChI=1S/C21H12FIP.C15H10F.2ClH.Zr/c22-19-11-12-20-18-10-9-17(21(18)19)13-1-5-15(6-2-13)24(20)16-7-3-14(23)4-8-16;16-14-8-4-7-12-9-10-13(15(12)14)11-5-2-1-3-6-11;;;/h1-8,10-12,17H;1-9,13H;2*1H;/q;;;;+2/p-2. The second-order valence-electron chi connectivity index (χ2n) is 10.6. The van der Waals surface area contributed by atoms with Crippen LogP contribution in [-0.2, 0) is 23.2 Å². The van der Waals surface area contributed by atoms with Gasteiger partial charge < -0.3 is 24.8 Å². The van der Waals surface area contributed by atoms with Crippen LogP contribution in [0.4, 0.5) is 8.78 Å². The summed E-state index contributed by atoms with van der Waals surface area (Å²) in [7, 11) is -0.835. The molecule has 3 atom stereocenters. The SMILES string of the molecule is Fc1cccc2c1C(c1ccccc1)[C]([Zr+2][C]1=Cc3c4ccc(F)c3C1c1ccc(cc1)P4c1ccc(I)cc1)=C2.[Cl-].[Cl-]. The zero-order valence-electron chi connectivity index (χ0n) is 22.5. The molecule has 0 fully saturated rings. The Morgan fingerprint density at radius 3 is 1.91 bits per heavy atom. The van der Waals surface area contributed by atoms with E-state index in [4.69, 9.17) is 0 Å². The van der Waals surface area contributed by atoms with Gasteiger partial charge in [0.15, 0.2) is 0 Å². The zero-order valence-corrected chi connectivity index (χ0v) is 29.6. The summed E-state index contributed by atoms with van der Waals surface area (Å²) in [5.41, 5.74) is 5.91. The van der Waals surface area contributed by atoms with Gasteiger partial charge in [-0.1, -0.05) is 0 Å². The van der Waals surface area contributed by atoms with E-state index in [1.54, 1.807) is 18.2 Å². The van der Waals surface area contributed by atoms with Gasteiger partial charge in [-0.2, -0.15) is 0 Å². The molecule has 0 radical (unpaired) electrons. The minimum Gasteiger partial charge on any atom is -1.00 e. The molecular weight excluding hydrogens is 790 g/mol. The molecule has 43 heavy (non-hydrogen) atoms. The summed E-state index contributed by atoms with van der Waals surface area (Å²) >= 11 is 0.900. The first-order chi connectivity index (χ1) is 20.1. The summed E-state index contributed by atoms with van der Waals surface area (Å²) in [5.74, 6) is -0.462. The Hall–Kier alpha value is -1.94. The Morgan fingerprint density at radius 2 is 1.19 bits per heavy atom. The van der Waals surface area contributed by atoms with Crippen molar-refractivity contribution >= 4 is 58.6 Å². The fourth-order valence-electron chi connectivity index (χ4n) is 6.58. The molecule has 5 aromatic rings. The molecule has 0 saturated heterocycles. The largest absolute Gasteiger partial charge is 1.00 e. The van der Waals surface area contributed by atoms with Gasteiger partial charge in [-0.25, -0.2) is 0 Å². The number of hydrogen-bond donors (Lipinski definition) is 0. The molecule has 0 nitrogen and oxygen atoms in total. The van der Waals surface area contributed by atoms with Gasteiger partial charge >= 0.3 is 267 Å². The molecule has 2 aliphatic heterocycles. The Labute approximate surface area is 289 Å². The number of allylic oxidation sites excluding steroid dienone is 2. The van der Waals surface area contributed by atoms with Crippen LogP contribution < -0.4 is 40.7 Å². The molecule has 0 saturated carbocycles. The van der Waals surface area contributed by atoms with Gasteiger partial charge in [-0.05, 0) is 0 Å². The van der Waals surface area contributed by atoms with E-state index in [9.17, 15) is 0 Å². The molecule has 6 bridgehead atoms. The van der Waals surface area contributed by atoms with Crippen LogP contribution in [0, 0.1) is 15.2 Å². The maximum atomic E-state index is 15.9. The van der Waals surface area contributed by atoms with E-state index < -0.39 is 31.2 Å². The molecule has 2 aliphatic carbocycles. The van der Waals surface area contributed by atoms with Crippen molar-refractivity contribution in [2.24, 2.45) is 0 Å². The molecule has 0 amide bonds. The van der Waals surface area contributed by atoms with Crippen molar-refractivity contribution < 1.29 is 56.8 Å². The van der Waals surface area contributed by atoms with Gasteiger partial charge in [0, 0.05) is 0 Å². The van der Waals surface area contributed by atoms with Crippen molar-refractivity contribution in [1.29, 1.82) is 0 Å². The maximum absolute atomic E-state index is 15.9. The van der Waals surface area contributed by atoms with E-state index in [1.165, 1.54) is 26.0 Å². The summed E-state index contributed by atoms with van der Waals surface area (Å²) in [4.78, 5) is 0. The van der Waals surface area contributed by atoms with Crippen molar-refractivity contribution in [3.05, 3.63) is 164 Å². The average molecular weight is 813 g/mol. The molecular formula is C36H22Cl2F2IPZr. The van der Waals surface area contributed by atoms with E-state index in [2.05, 4.69) is 95.4 Å². The molecule has 9 rings (SSSR count). The molecule has 5 aromatic carbocycles. The summed E-state index contributed by atoms with van der Waals surface area (Å²) in [6.45, 7) is 0. The van der Waals surface area contributed by atoms with E-state index in [0.717, 1.165) is 33.4 Å². The van der Waals surface area contributed by atoms with Crippen molar-refractivity contribution in [2.75, 3.05) is 0 Å². The van der Waals surface area contributed by atoms with Crippen LogP contribution in [0.15, 0.2) is 116 Å². The first-order valence-corrected chi connectivity index (χ1v) is 18.5. The topological polar surface area (TPSA) is 0 Å². The van der Waals surface area contributed by atoms with Gasteiger partial charge in [-0.3, -0.25) is 0 Å². The van der Waals surface area contributed by atoms with Gasteiger partial charge in [0.1, 0.15) is 0 Å². The molecule has 3 unspecified atom stereocenters. The predicted molar refractivity (Wildman–Crippen MR) is 170 cm³/mol. The smallest absolute Gasteiger partial charge is 1.00 e. The molecule has 0 N–H and O–H groups in total. The molecule has 0 aromatic heterocycles. The number of rotatable bonds is 4. The zero-order chi connectivity index (χ0) is 27.7. The number of fused-ring (bicyclic) bond motifs is 3. The molecule has 4 aliphatic rings. The predicted octanol–water partition coefficient (Wildman–Crippen LogP) is 2.40. The van der Waals surface area contributed by atoms with Crippen LogP contribution in [0.1, 0.15) is 45.2 Å². The Bertz CT molecular complexity index is 1910. The minimum absolute atomic E-state index is 0. The Kier molecular flexibility index (Phi) is 9.00. The van der Waals surface area contributed by atoms with Crippen LogP contribution in [-0.4, -0.2) is 0 Å². The van der Waals surface area contributed by atoms with E-state index in [1.807, 2.05) is 30.3 Å². The fourth-order valence-corrected chi connectivity index (χ4v) is 13.5. The molecule has 2 heterocycles. The van der Waals surface area contributed by atoms with Crippen LogP contribution in [0.5, 0.6) is 0 Å². The second-order valence-corrected chi connectivity index (χ2v) is 17.5. The summed E-state index contributed by atoms with van der Waals surface area (Å²) < 4.78 is 35.1. The van der Waals surface area contributed by atoms with Crippen LogP contribution in [0.25, 0.3) is 12.2 Å². The van der Waals surface area contributed by atoms with E-state index in [-0.39, 0.29) is 48.3 Å². The van der Waals surface area contributed by atoms with Crippen LogP contribution in [0.3, 0.4) is 0 Å². The average Bonchev–Trinajstić information content (AvgIpc) is 3.57. The minimum atomic E-state index is -1.45. The fraction of sp³-hybridized carbons (Fsp3) is 0.0556. The Balaban J connectivity index is 0.00000165. The van der Waals surface area contributed by atoms with Crippen molar-refractivity contribution in [1.82, 2.24) is 0 Å². The monoisotopic (exact) mass is 810 g/mol. The Morgan fingerprint density at radius 1 is 0.581 bits per heavy atom. The molecule has 210 valence electrons. The number of hydrogen-bond acceptors (Lipinski definition) is 0. The van der Waals surface area contributed by atoms with Crippen molar-refractivity contribution in [2.45, 2.75) is 11.8 Å². The first kappa shape index (κ1) is 31.1. The van der Waals surface area contributed by atoms with Gasteiger partial charge in [0.2, 0.25) is 0 Å². The van der Waals surface area contributed by atoms with Crippen molar-refractivity contribution in [3.8, 4) is 0 Å². The summed E-state index contributed by atoms with van der Waals surface area (Å²) in [6.07, 6.45) is 4.55. The summed E-state index contributed by atoms with van der Waals surface area (Å²) in [5, 5.41) is 3.78. The normalized spacial score (nSPS) is 18.6. The third-order valence-electron chi connectivity index (χ3n) is 8.34. The maximum Gasteiger partial charge on any atom is -1.00 e.